The van der Waals surface area contributed by atoms with Crippen molar-refractivity contribution in [1.82, 2.24) is 15.3 Å². The normalized spacial score (nSPS) is 10.2. The van der Waals surface area contributed by atoms with Crippen LogP contribution in [0.2, 0.25) is 5.28 Å². The summed E-state index contributed by atoms with van der Waals surface area (Å²) in [6.45, 7) is 3.77. The SMILES string of the molecule is CC(C)NC(=O)c1cnc(Cl)nc1. The molecule has 0 atom stereocenters. The maximum absolute atomic E-state index is 11.3. The minimum atomic E-state index is -0.188. The molecule has 0 aliphatic heterocycles. The molecule has 0 saturated carbocycles. The van der Waals surface area contributed by atoms with E-state index in [2.05, 4.69) is 15.3 Å². The Morgan fingerprint density at radius 3 is 2.46 bits per heavy atom. The van der Waals surface area contributed by atoms with Gasteiger partial charge in [-0.15, -0.1) is 0 Å². The number of halogens is 1. The molecule has 1 rings (SSSR count). The van der Waals surface area contributed by atoms with Gasteiger partial charge in [0, 0.05) is 18.4 Å². The molecule has 70 valence electrons. The molecule has 0 unspecified atom stereocenters. The Morgan fingerprint density at radius 1 is 1.46 bits per heavy atom. The van der Waals surface area contributed by atoms with Crippen molar-refractivity contribution in [3.8, 4) is 0 Å². The minimum Gasteiger partial charge on any atom is -0.350 e. The maximum atomic E-state index is 11.3. The van der Waals surface area contributed by atoms with E-state index < -0.39 is 0 Å². The van der Waals surface area contributed by atoms with Gasteiger partial charge in [0.05, 0.1) is 5.56 Å². The molecule has 1 aromatic rings. The standard InChI is InChI=1S/C8H10ClN3O/c1-5(2)12-7(13)6-3-10-8(9)11-4-6/h3-5H,1-2H3,(H,12,13). The molecule has 0 radical (unpaired) electrons. The van der Waals surface area contributed by atoms with Crippen molar-refractivity contribution in [2.75, 3.05) is 0 Å². The summed E-state index contributed by atoms with van der Waals surface area (Å²) in [6.07, 6.45) is 2.79. The molecule has 1 N–H and O–H groups in total. The van der Waals surface area contributed by atoms with Gasteiger partial charge in [0.25, 0.3) is 5.91 Å². The molecule has 4 nitrogen and oxygen atoms in total. The molecular weight excluding hydrogens is 190 g/mol. The predicted molar refractivity (Wildman–Crippen MR) is 49.6 cm³/mol. The molecule has 5 heteroatoms. The van der Waals surface area contributed by atoms with Crippen LogP contribution in [-0.2, 0) is 0 Å². The van der Waals surface area contributed by atoms with Crippen LogP contribution in [0.15, 0.2) is 12.4 Å². The quantitative estimate of drug-likeness (QED) is 0.730. The van der Waals surface area contributed by atoms with Crippen LogP contribution in [0.5, 0.6) is 0 Å². The summed E-state index contributed by atoms with van der Waals surface area (Å²) in [6, 6.07) is 0.100. The van der Waals surface area contributed by atoms with Crippen LogP contribution in [0.1, 0.15) is 24.2 Å². The van der Waals surface area contributed by atoms with Gasteiger partial charge in [-0.25, -0.2) is 9.97 Å². The molecular formula is C8H10ClN3O. The molecule has 1 heterocycles. The van der Waals surface area contributed by atoms with Crippen molar-refractivity contribution >= 4 is 17.5 Å². The molecule has 0 saturated heterocycles. The van der Waals surface area contributed by atoms with E-state index in [1.807, 2.05) is 13.8 Å². The first-order valence-electron chi connectivity index (χ1n) is 3.88. The van der Waals surface area contributed by atoms with Gasteiger partial charge >= 0.3 is 0 Å². The molecule has 0 aliphatic carbocycles. The summed E-state index contributed by atoms with van der Waals surface area (Å²) in [5.74, 6) is -0.188. The summed E-state index contributed by atoms with van der Waals surface area (Å²) in [5, 5.41) is 2.86. The lowest BCUT2D eigenvalue weighted by Gasteiger charge is -2.06. The lowest BCUT2D eigenvalue weighted by atomic mass is 10.3. The topological polar surface area (TPSA) is 54.9 Å². The number of nitrogens with one attached hydrogen (secondary N) is 1. The Labute approximate surface area is 81.3 Å². The fourth-order valence-electron chi connectivity index (χ4n) is 0.775. The van der Waals surface area contributed by atoms with E-state index in [1.54, 1.807) is 0 Å². The van der Waals surface area contributed by atoms with E-state index in [4.69, 9.17) is 11.6 Å². The average Bonchev–Trinajstić information content (AvgIpc) is 2.04. The highest BCUT2D eigenvalue weighted by Crippen LogP contribution is 2.00. The number of carbonyl (C=O) groups is 1. The minimum absolute atomic E-state index is 0.100. The Balaban J connectivity index is 2.72. The molecule has 0 fully saturated rings. The molecule has 1 aromatic heterocycles. The van der Waals surface area contributed by atoms with E-state index >= 15 is 0 Å². The van der Waals surface area contributed by atoms with Crippen molar-refractivity contribution in [3.63, 3.8) is 0 Å². The van der Waals surface area contributed by atoms with Gasteiger partial charge in [-0.3, -0.25) is 4.79 Å². The third-order valence-electron chi connectivity index (χ3n) is 1.30. The molecule has 0 bridgehead atoms. The zero-order valence-electron chi connectivity index (χ0n) is 7.41. The molecule has 1 amide bonds. The van der Waals surface area contributed by atoms with Crippen LogP contribution in [0, 0.1) is 0 Å². The lowest BCUT2D eigenvalue weighted by molar-refractivity contribution is 0.0942. The van der Waals surface area contributed by atoms with Crippen LogP contribution in [0.3, 0.4) is 0 Å². The molecule has 0 spiro atoms. The van der Waals surface area contributed by atoms with Crippen molar-refractivity contribution in [2.24, 2.45) is 0 Å². The highest BCUT2D eigenvalue weighted by Gasteiger charge is 2.06. The number of hydrogen-bond acceptors (Lipinski definition) is 3. The number of carbonyl (C=O) groups excluding carboxylic acids is 1. The number of amides is 1. The summed E-state index contributed by atoms with van der Waals surface area (Å²) in [7, 11) is 0. The van der Waals surface area contributed by atoms with Gasteiger partial charge in [-0.05, 0) is 25.4 Å². The largest absolute Gasteiger partial charge is 0.350 e. The van der Waals surface area contributed by atoms with Gasteiger partial charge in [0.15, 0.2) is 0 Å². The Morgan fingerprint density at radius 2 is 2.00 bits per heavy atom. The predicted octanol–water partition coefficient (Wildman–Crippen LogP) is 1.27. The summed E-state index contributed by atoms with van der Waals surface area (Å²) in [5.41, 5.74) is 0.415. The second-order valence-electron chi connectivity index (χ2n) is 2.87. The van der Waals surface area contributed by atoms with E-state index in [0.29, 0.717) is 5.56 Å². The third kappa shape index (κ3) is 2.99. The molecule has 13 heavy (non-hydrogen) atoms. The Hall–Kier alpha value is -1.16. The van der Waals surface area contributed by atoms with E-state index in [1.165, 1.54) is 12.4 Å². The Bertz CT molecular complexity index is 297. The zero-order chi connectivity index (χ0) is 9.84. The van der Waals surface area contributed by atoms with Gasteiger partial charge in [0.2, 0.25) is 5.28 Å². The summed E-state index contributed by atoms with van der Waals surface area (Å²) >= 11 is 5.47. The summed E-state index contributed by atoms with van der Waals surface area (Å²) in [4.78, 5) is 18.7. The fraction of sp³-hybridized carbons (Fsp3) is 0.375. The number of nitrogens with zero attached hydrogens (tertiary/aromatic N) is 2. The monoisotopic (exact) mass is 199 g/mol. The first kappa shape index (κ1) is 9.92. The van der Waals surface area contributed by atoms with E-state index in [-0.39, 0.29) is 17.2 Å². The van der Waals surface area contributed by atoms with Gasteiger partial charge in [-0.2, -0.15) is 0 Å². The van der Waals surface area contributed by atoms with Crippen LogP contribution in [-0.4, -0.2) is 21.9 Å². The van der Waals surface area contributed by atoms with Crippen molar-refractivity contribution in [1.29, 1.82) is 0 Å². The van der Waals surface area contributed by atoms with Gasteiger partial charge in [-0.1, -0.05) is 0 Å². The van der Waals surface area contributed by atoms with Crippen molar-refractivity contribution in [3.05, 3.63) is 23.2 Å². The van der Waals surface area contributed by atoms with E-state index in [9.17, 15) is 4.79 Å². The average molecular weight is 200 g/mol. The first-order valence-corrected chi connectivity index (χ1v) is 4.26. The lowest BCUT2D eigenvalue weighted by Crippen LogP contribution is -2.30. The first-order chi connectivity index (χ1) is 6.09. The van der Waals surface area contributed by atoms with Crippen molar-refractivity contribution < 1.29 is 4.79 Å². The van der Waals surface area contributed by atoms with Gasteiger partial charge in [0.1, 0.15) is 0 Å². The highest BCUT2D eigenvalue weighted by atomic mass is 35.5. The van der Waals surface area contributed by atoms with E-state index in [0.717, 1.165) is 0 Å². The zero-order valence-corrected chi connectivity index (χ0v) is 8.17. The highest BCUT2D eigenvalue weighted by molar-refractivity contribution is 6.28. The second-order valence-corrected chi connectivity index (χ2v) is 3.21. The second kappa shape index (κ2) is 4.18. The van der Waals surface area contributed by atoms with Crippen LogP contribution < -0.4 is 5.32 Å². The third-order valence-corrected chi connectivity index (χ3v) is 1.50. The molecule has 0 aliphatic rings. The number of aromatic nitrogens is 2. The molecule has 0 aromatic carbocycles. The van der Waals surface area contributed by atoms with Gasteiger partial charge < -0.3 is 5.32 Å². The van der Waals surface area contributed by atoms with Crippen molar-refractivity contribution in [2.45, 2.75) is 19.9 Å². The Kier molecular flexibility index (Phi) is 3.19. The van der Waals surface area contributed by atoms with Crippen LogP contribution in [0.4, 0.5) is 0 Å². The van der Waals surface area contributed by atoms with Crippen LogP contribution in [0.25, 0.3) is 0 Å². The number of hydrogen-bond donors (Lipinski definition) is 1. The maximum Gasteiger partial charge on any atom is 0.254 e. The van der Waals surface area contributed by atoms with Crippen LogP contribution >= 0.6 is 11.6 Å². The fourth-order valence-corrected chi connectivity index (χ4v) is 0.873. The smallest absolute Gasteiger partial charge is 0.254 e. The number of rotatable bonds is 2. The summed E-state index contributed by atoms with van der Waals surface area (Å²) < 4.78 is 0.